The highest BCUT2D eigenvalue weighted by Gasteiger charge is 2.18. The average molecular weight is 417 g/mol. The maximum absolute atomic E-state index is 12.3. The van der Waals surface area contributed by atoms with Crippen molar-refractivity contribution in [2.24, 2.45) is 0 Å². The summed E-state index contributed by atoms with van der Waals surface area (Å²) in [6.45, 7) is 3.35. The van der Waals surface area contributed by atoms with Gasteiger partial charge in [-0.2, -0.15) is 5.10 Å². The highest BCUT2D eigenvalue weighted by molar-refractivity contribution is 6.36. The molecule has 0 spiro atoms. The summed E-state index contributed by atoms with van der Waals surface area (Å²) >= 11 is 11.8. The Morgan fingerprint density at radius 1 is 1.07 bits per heavy atom. The van der Waals surface area contributed by atoms with Crippen LogP contribution in [0, 0.1) is 13.8 Å². The summed E-state index contributed by atoms with van der Waals surface area (Å²) in [6.07, 6.45) is 0.0339. The maximum Gasteiger partial charge on any atom is 0.310 e. The third-order valence-electron chi connectivity index (χ3n) is 4.36. The minimum Gasteiger partial charge on any atom is -0.457 e. The van der Waals surface area contributed by atoms with Crippen molar-refractivity contribution in [1.82, 2.24) is 9.78 Å². The first-order chi connectivity index (χ1) is 13.4. The van der Waals surface area contributed by atoms with Crippen molar-refractivity contribution in [3.63, 3.8) is 0 Å². The van der Waals surface area contributed by atoms with Crippen molar-refractivity contribution in [1.29, 1.82) is 0 Å². The van der Waals surface area contributed by atoms with E-state index in [9.17, 15) is 9.59 Å². The maximum atomic E-state index is 12.3. The first-order valence-corrected chi connectivity index (χ1v) is 9.37. The van der Waals surface area contributed by atoms with Gasteiger partial charge in [0.1, 0.15) is 0 Å². The van der Waals surface area contributed by atoms with Gasteiger partial charge in [-0.3, -0.25) is 9.59 Å². The molecule has 0 atom stereocenters. The molecule has 144 valence electrons. The van der Waals surface area contributed by atoms with Crippen molar-refractivity contribution >= 4 is 35.0 Å². The SMILES string of the molecule is Cc1nn(-c2ccccc2)c(C)c1CC(=O)OCC(=O)c1ccc(Cl)cc1Cl. The van der Waals surface area contributed by atoms with Gasteiger partial charge in [-0.1, -0.05) is 41.4 Å². The predicted octanol–water partition coefficient (Wildman–Crippen LogP) is 4.76. The first-order valence-electron chi connectivity index (χ1n) is 8.61. The van der Waals surface area contributed by atoms with E-state index in [1.165, 1.54) is 12.1 Å². The van der Waals surface area contributed by atoms with E-state index >= 15 is 0 Å². The lowest BCUT2D eigenvalue weighted by Gasteiger charge is -2.07. The molecule has 0 amide bonds. The fraction of sp³-hybridized carbons (Fsp3) is 0.190. The van der Waals surface area contributed by atoms with Crippen molar-refractivity contribution in [3.8, 4) is 5.69 Å². The van der Waals surface area contributed by atoms with Crippen LogP contribution in [0.5, 0.6) is 0 Å². The third kappa shape index (κ3) is 4.43. The number of ether oxygens (including phenoxy) is 1. The van der Waals surface area contributed by atoms with Crippen LogP contribution < -0.4 is 0 Å². The number of Topliss-reactive ketones (excluding diaryl/α,β-unsaturated/α-hetero) is 1. The quantitative estimate of drug-likeness (QED) is 0.429. The van der Waals surface area contributed by atoms with Gasteiger partial charge >= 0.3 is 5.97 Å². The number of halogens is 2. The number of hydrogen-bond donors (Lipinski definition) is 0. The van der Waals surface area contributed by atoms with Crippen LogP contribution in [0.15, 0.2) is 48.5 Å². The van der Waals surface area contributed by atoms with Crippen molar-refractivity contribution < 1.29 is 14.3 Å². The van der Waals surface area contributed by atoms with Crippen LogP contribution in [-0.4, -0.2) is 28.1 Å². The summed E-state index contributed by atoms with van der Waals surface area (Å²) in [7, 11) is 0. The molecule has 0 unspecified atom stereocenters. The van der Waals surface area contributed by atoms with Crippen LogP contribution in [-0.2, 0) is 16.0 Å². The molecule has 3 aromatic rings. The van der Waals surface area contributed by atoms with Crippen LogP contribution in [0.25, 0.3) is 5.69 Å². The standard InChI is InChI=1S/C21H18Cl2N2O3/c1-13-18(14(2)25(24-13)16-6-4-3-5-7-16)11-21(27)28-12-20(26)17-9-8-15(22)10-19(17)23/h3-10H,11-12H2,1-2H3. The molecule has 1 aromatic heterocycles. The van der Waals surface area contributed by atoms with Gasteiger partial charge in [0.2, 0.25) is 5.78 Å². The Morgan fingerprint density at radius 2 is 1.79 bits per heavy atom. The van der Waals surface area contributed by atoms with Crippen LogP contribution in [0.4, 0.5) is 0 Å². The Hall–Kier alpha value is -2.63. The first kappa shape index (κ1) is 20.1. The molecule has 0 aliphatic carbocycles. The summed E-state index contributed by atoms with van der Waals surface area (Å²) in [5.74, 6) is -0.888. The second kappa shape index (κ2) is 8.59. The molecule has 28 heavy (non-hydrogen) atoms. The topological polar surface area (TPSA) is 61.2 Å². The van der Waals surface area contributed by atoms with Crippen molar-refractivity contribution in [3.05, 3.63) is 81.1 Å². The molecule has 5 nitrogen and oxygen atoms in total. The number of esters is 1. The smallest absolute Gasteiger partial charge is 0.310 e. The summed E-state index contributed by atoms with van der Waals surface area (Å²) in [5.41, 5.74) is 3.56. The number of rotatable bonds is 6. The summed E-state index contributed by atoms with van der Waals surface area (Å²) in [6, 6.07) is 14.2. The zero-order valence-corrected chi connectivity index (χ0v) is 16.9. The number of aryl methyl sites for hydroxylation is 1. The molecule has 1 heterocycles. The zero-order chi connectivity index (χ0) is 20.3. The lowest BCUT2D eigenvalue weighted by molar-refractivity contribution is -0.141. The van der Waals surface area contributed by atoms with Gasteiger partial charge in [0.05, 0.1) is 22.8 Å². The number of nitrogens with zero attached hydrogens (tertiary/aromatic N) is 2. The Labute approximate surface area is 172 Å². The van der Waals surface area contributed by atoms with Gasteiger partial charge in [-0.25, -0.2) is 4.68 Å². The van der Waals surface area contributed by atoms with E-state index in [0.29, 0.717) is 5.02 Å². The van der Waals surface area contributed by atoms with E-state index in [2.05, 4.69) is 5.10 Å². The minimum absolute atomic E-state index is 0.0339. The number of aromatic nitrogens is 2. The lowest BCUT2D eigenvalue weighted by Crippen LogP contribution is -2.16. The lowest BCUT2D eigenvalue weighted by atomic mass is 10.1. The van der Waals surface area contributed by atoms with E-state index in [0.717, 1.165) is 22.6 Å². The molecule has 2 aromatic carbocycles. The average Bonchev–Trinajstić information content (AvgIpc) is 2.95. The van der Waals surface area contributed by atoms with E-state index in [4.69, 9.17) is 27.9 Å². The van der Waals surface area contributed by atoms with E-state index in [1.54, 1.807) is 10.7 Å². The van der Waals surface area contributed by atoms with Gasteiger partial charge < -0.3 is 4.74 Å². The number of ketones is 1. The Balaban J connectivity index is 1.67. The minimum atomic E-state index is -0.503. The normalized spacial score (nSPS) is 10.7. The molecule has 0 saturated heterocycles. The fourth-order valence-corrected chi connectivity index (χ4v) is 3.40. The molecule has 0 radical (unpaired) electrons. The van der Waals surface area contributed by atoms with Crippen LogP contribution in [0.3, 0.4) is 0 Å². The largest absolute Gasteiger partial charge is 0.457 e. The Bertz CT molecular complexity index is 1030. The number of carbonyl (C=O) groups is 2. The summed E-state index contributed by atoms with van der Waals surface area (Å²) in [4.78, 5) is 24.5. The van der Waals surface area contributed by atoms with Crippen LogP contribution >= 0.6 is 23.2 Å². The van der Waals surface area contributed by atoms with Gasteiger partial charge in [0, 0.05) is 21.8 Å². The molecule has 7 heteroatoms. The molecule has 0 bridgehead atoms. The van der Waals surface area contributed by atoms with Crippen molar-refractivity contribution in [2.45, 2.75) is 20.3 Å². The highest BCUT2D eigenvalue weighted by Crippen LogP contribution is 2.22. The Morgan fingerprint density at radius 3 is 2.46 bits per heavy atom. The highest BCUT2D eigenvalue weighted by atomic mass is 35.5. The van der Waals surface area contributed by atoms with Gasteiger partial charge in [-0.05, 0) is 44.2 Å². The monoisotopic (exact) mass is 416 g/mol. The molecule has 3 rings (SSSR count). The molecule has 0 saturated carbocycles. The molecular formula is C21H18Cl2N2O3. The fourth-order valence-electron chi connectivity index (χ4n) is 2.89. The van der Waals surface area contributed by atoms with Crippen LogP contribution in [0.2, 0.25) is 10.0 Å². The molecule has 0 N–H and O–H groups in total. The second-order valence-electron chi connectivity index (χ2n) is 6.28. The molecular weight excluding hydrogens is 399 g/mol. The van der Waals surface area contributed by atoms with E-state index < -0.39 is 5.97 Å². The number of carbonyl (C=O) groups excluding carboxylic acids is 2. The third-order valence-corrected chi connectivity index (χ3v) is 4.91. The molecule has 0 aliphatic heterocycles. The van der Waals surface area contributed by atoms with E-state index in [1.807, 2.05) is 44.2 Å². The molecule has 0 aliphatic rings. The van der Waals surface area contributed by atoms with Crippen LogP contribution in [0.1, 0.15) is 27.3 Å². The second-order valence-corrected chi connectivity index (χ2v) is 7.13. The number of para-hydroxylation sites is 1. The number of hydrogen-bond acceptors (Lipinski definition) is 4. The number of benzene rings is 2. The summed E-state index contributed by atoms with van der Waals surface area (Å²) < 4.78 is 6.94. The van der Waals surface area contributed by atoms with Gasteiger partial charge in [0.25, 0.3) is 0 Å². The van der Waals surface area contributed by atoms with Crippen molar-refractivity contribution in [2.75, 3.05) is 6.61 Å². The van der Waals surface area contributed by atoms with Gasteiger partial charge in [0.15, 0.2) is 6.61 Å². The van der Waals surface area contributed by atoms with E-state index in [-0.39, 0.29) is 29.4 Å². The Kier molecular flexibility index (Phi) is 6.17. The molecule has 0 fully saturated rings. The zero-order valence-electron chi connectivity index (χ0n) is 15.4. The van der Waals surface area contributed by atoms with Gasteiger partial charge in [-0.15, -0.1) is 0 Å². The summed E-state index contributed by atoms with van der Waals surface area (Å²) in [5, 5.41) is 5.16. The predicted molar refractivity (Wildman–Crippen MR) is 108 cm³/mol.